The predicted molar refractivity (Wildman–Crippen MR) is 81.1 cm³/mol. The summed E-state index contributed by atoms with van der Waals surface area (Å²) >= 11 is 1.12. The first-order valence-corrected chi connectivity index (χ1v) is 7.12. The lowest BCUT2D eigenvalue weighted by Crippen LogP contribution is -2.23. The quantitative estimate of drug-likeness (QED) is 0.887. The van der Waals surface area contributed by atoms with Gasteiger partial charge in [-0.05, 0) is 42.2 Å². The lowest BCUT2D eigenvalue weighted by Gasteiger charge is -2.03. The molecule has 0 saturated heterocycles. The molecule has 6 heteroatoms. The molecule has 1 aromatic heterocycles. The van der Waals surface area contributed by atoms with E-state index in [4.69, 9.17) is 10.5 Å². The Kier molecular flexibility index (Phi) is 4.57. The first-order chi connectivity index (χ1) is 9.67. The predicted octanol–water partition coefficient (Wildman–Crippen LogP) is 2.54. The summed E-state index contributed by atoms with van der Waals surface area (Å²) in [4.78, 5) is 12.4. The minimum atomic E-state index is -0.165. The summed E-state index contributed by atoms with van der Waals surface area (Å²) in [5, 5.41) is 2.80. The minimum Gasteiger partial charge on any atom is -0.497 e. The minimum absolute atomic E-state index is 0.165. The fourth-order valence-corrected chi connectivity index (χ4v) is 2.47. The van der Waals surface area contributed by atoms with Gasteiger partial charge in [-0.3, -0.25) is 4.79 Å². The van der Waals surface area contributed by atoms with E-state index in [1.54, 1.807) is 7.11 Å². The van der Waals surface area contributed by atoms with Crippen LogP contribution in [0.1, 0.15) is 23.0 Å². The lowest BCUT2D eigenvalue weighted by molar-refractivity contribution is 0.0958. The number of nitrogen functional groups attached to an aromatic ring is 1. The van der Waals surface area contributed by atoms with E-state index in [-0.39, 0.29) is 5.91 Å². The number of carbonyl (C=O) groups is 1. The summed E-state index contributed by atoms with van der Waals surface area (Å²) < 4.78 is 9.40. The van der Waals surface area contributed by atoms with E-state index in [9.17, 15) is 4.79 Å². The number of anilines is 1. The van der Waals surface area contributed by atoms with Crippen molar-refractivity contribution in [1.29, 1.82) is 0 Å². The topological polar surface area (TPSA) is 77.2 Å². The van der Waals surface area contributed by atoms with Gasteiger partial charge in [0.05, 0.1) is 12.8 Å². The van der Waals surface area contributed by atoms with Crippen LogP contribution in [0.3, 0.4) is 0 Å². The number of rotatable bonds is 5. The molecule has 1 amide bonds. The van der Waals surface area contributed by atoms with Crippen molar-refractivity contribution in [3.63, 3.8) is 0 Å². The maximum atomic E-state index is 11.9. The molecule has 0 aliphatic carbocycles. The number of aromatic nitrogens is 1. The van der Waals surface area contributed by atoms with Crippen LogP contribution in [0.2, 0.25) is 0 Å². The molecule has 2 rings (SSSR count). The highest BCUT2D eigenvalue weighted by Gasteiger charge is 2.18. The maximum absolute atomic E-state index is 11.9. The van der Waals surface area contributed by atoms with Crippen molar-refractivity contribution in [2.45, 2.75) is 13.3 Å². The molecule has 0 atom stereocenters. The second-order valence-corrected chi connectivity index (χ2v) is 5.03. The number of hydrogen-bond donors (Lipinski definition) is 2. The number of nitrogens with two attached hydrogens (primary N) is 1. The Balaban J connectivity index is 2.25. The molecular formula is C14H17N3O2S. The molecule has 2 aromatic rings. The highest BCUT2D eigenvalue weighted by Crippen LogP contribution is 2.31. The second-order valence-electron chi connectivity index (χ2n) is 4.26. The number of nitrogens with one attached hydrogen (secondary N) is 1. The zero-order valence-corrected chi connectivity index (χ0v) is 12.3. The SMILES string of the molecule is CCCNC(=O)c1snc(-c2ccc(OC)cc2)c1N. The number of methoxy groups -OCH3 is 1. The third-order valence-corrected chi connectivity index (χ3v) is 3.69. The van der Waals surface area contributed by atoms with Gasteiger partial charge in [0.25, 0.3) is 5.91 Å². The lowest BCUT2D eigenvalue weighted by atomic mass is 10.1. The normalized spacial score (nSPS) is 10.3. The van der Waals surface area contributed by atoms with Crippen LogP contribution >= 0.6 is 11.5 Å². The van der Waals surface area contributed by atoms with Crippen molar-refractivity contribution in [2.24, 2.45) is 0 Å². The van der Waals surface area contributed by atoms with Crippen molar-refractivity contribution in [3.8, 4) is 17.0 Å². The second kappa shape index (κ2) is 6.38. The number of benzene rings is 1. The zero-order valence-electron chi connectivity index (χ0n) is 11.5. The Labute approximate surface area is 121 Å². The van der Waals surface area contributed by atoms with E-state index in [2.05, 4.69) is 9.69 Å². The first-order valence-electron chi connectivity index (χ1n) is 6.35. The van der Waals surface area contributed by atoms with Crippen molar-refractivity contribution in [3.05, 3.63) is 29.1 Å². The largest absolute Gasteiger partial charge is 0.497 e. The van der Waals surface area contributed by atoms with E-state index in [0.29, 0.717) is 22.8 Å². The number of amides is 1. The number of carbonyl (C=O) groups excluding carboxylic acids is 1. The highest BCUT2D eigenvalue weighted by molar-refractivity contribution is 7.09. The molecule has 0 spiro atoms. The van der Waals surface area contributed by atoms with Gasteiger partial charge in [0.1, 0.15) is 16.3 Å². The Bertz CT molecular complexity index is 593. The van der Waals surface area contributed by atoms with E-state index in [0.717, 1.165) is 29.3 Å². The zero-order chi connectivity index (χ0) is 14.5. The molecular weight excluding hydrogens is 274 g/mol. The molecule has 0 aliphatic rings. The molecule has 0 unspecified atom stereocenters. The molecule has 3 N–H and O–H groups in total. The van der Waals surface area contributed by atoms with Crippen molar-refractivity contribution >= 4 is 23.1 Å². The highest BCUT2D eigenvalue weighted by atomic mass is 32.1. The van der Waals surface area contributed by atoms with Crippen LogP contribution in [0.4, 0.5) is 5.69 Å². The molecule has 1 aromatic carbocycles. The molecule has 5 nitrogen and oxygen atoms in total. The Morgan fingerprint density at radius 3 is 2.70 bits per heavy atom. The van der Waals surface area contributed by atoms with Crippen LogP contribution in [-0.2, 0) is 0 Å². The summed E-state index contributed by atoms with van der Waals surface area (Å²) in [6.07, 6.45) is 0.885. The van der Waals surface area contributed by atoms with Gasteiger partial charge in [-0.25, -0.2) is 0 Å². The van der Waals surface area contributed by atoms with E-state index >= 15 is 0 Å². The Morgan fingerprint density at radius 1 is 1.40 bits per heavy atom. The van der Waals surface area contributed by atoms with Crippen LogP contribution in [0.5, 0.6) is 5.75 Å². The summed E-state index contributed by atoms with van der Waals surface area (Å²) in [5.41, 5.74) is 7.97. The smallest absolute Gasteiger partial charge is 0.265 e. The van der Waals surface area contributed by atoms with Crippen LogP contribution in [-0.4, -0.2) is 23.9 Å². The standard InChI is InChI=1S/C14H17N3O2S/c1-3-8-16-14(18)13-11(15)12(17-20-13)9-4-6-10(19-2)7-5-9/h4-7H,3,8,15H2,1-2H3,(H,16,18). The van der Waals surface area contributed by atoms with Crippen LogP contribution < -0.4 is 15.8 Å². The first kappa shape index (κ1) is 14.3. The summed E-state index contributed by atoms with van der Waals surface area (Å²) in [6.45, 7) is 2.63. The van der Waals surface area contributed by atoms with Gasteiger partial charge in [0.2, 0.25) is 0 Å². The van der Waals surface area contributed by atoms with Gasteiger partial charge in [-0.2, -0.15) is 4.37 Å². The van der Waals surface area contributed by atoms with Crippen molar-refractivity contribution < 1.29 is 9.53 Å². The maximum Gasteiger partial charge on any atom is 0.265 e. The molecule has 0 aliphatic heterocycles. The van der Waals surface area contributed by atoms with Crippen molar-refractivity contribution in [2.75, 3.05) is 19.4 Å². The van der Waals surface area contributed by atoms with Gasteiger partial charge >= 0.3 is 0 Å². The molecule has 1 heterocycles. The molecule has 106 valence electrons. The molecule has 0 radical (unpaired) electrons. The van der Waals surface area contributed by atoms with E-state index < -0.39 is 0 Å². The van der Waals surface area contributed by atoms with Crippen LogP contribution in [0, 0.1) is 0 Å². The van der Waals surface area contributed by atoms with Crippen molar-refractivity contribution in [1.82, 2.24) is 9.69 Å². The fraction of sp³-hybridized carbons (Fsp3) is 0.286. The van der Waals surface area contributed by atoms with Gasteiger partial charge in [-0.1, -0.05) is 6.92 Å². The molecule has 0 fully saturated rings. The van der Waals surface area contributed by atoms with E-state index in [1.807, 2.05) is 31.2 Å². The Hall–Kier alpha value is -2.08. The average Bonchev–Trinajstić information content (AvgIpc) is 2.86. The third-order valence-electron chi connectivity index (χ3n) is 2.83. The third kappa shape index (κ3) is 2.91. The number of nitrogens with zero attached hydrogens (tertiary/aromatic N) is 1. The van der Waals surface area contributed by atoms with Crippen LogP contribution in [0.25, 0.3) is 11.3 Å². The summed E-state index contributed by atoms with van der Waals surface area (Å²) in [5.74, 6) is 0.602. The number of hydrogen-bond acceptors (Lipinski definition) is 5. The fourth-order valence-electron chi connectivity index (χ4n) is 1.74. The van der Waals surface area contributed by atoms with E-state index in [1.165, 1.54) is 0 Å². The average molecular weight is 291 g/mol. The molecule has 0 bridgehead atoms. The van der Waals surface area contributed by atoms with Gasteiger partial charge in [0, 0.05) is 12.1 Å². The number of ether oxygens (including phenoxy) is 1. The summed E-state index contributed by atoms with van der Waals surface area (Å²) in [6, 6.07) is 7.42. The summed E-state index contributed by atoms with van der Waals surface area (Å²) in [7, 11) is 1.61. The van der Waals surface area contributed by atoms with Crippen LogP contribution in [0.15, 0.2) is 24.3 Å². The van der Waals surface area contributed by atoms with Gasteiger partial charge < -0.3 is 15.8 Å². The molecule has 20 heavy (non-hydrogen) atoms. The monoisotopic (exact) mass is 291 g/mol. The van der Waals surface area contributed by atoms with Gasteiger partial charge in [-0.15, -0.1) is 0 Å². The molecule has 0 saturated carbocycles. The Morgan fingerprint density at radius 2 is 2.10 bits per heavy atom. The van der Waals surface area contributed by atoms with Gasteiger partial charge in [0.15, 0.2) is 0 Å².